The van der Waals surface area contributed by atoms with Crippen LogP contribution >= 0.6 is 0 Å². The van der Waals surface area contributed by atoms with E-state index in [9.17, 15) is 0 Å². The molecule has 2 heteroatoms. The van der Waals surface area contributed by atoms with Gasteiger partial charge in [-0.3, -0.25) is 0 Å². The summed E-state index contributed by atoms with van der Waals surface area (Å²) in [5, 5.41) is 5.04. The predicted octanol–water partition coefficient (Wildman–Crippen LogP) is 16.1. The molecule has 282 valence electrons. The monoisotopic (exact) mass is 764 g/mol. The molecule has 1 heterocycles. The van der Waals surface area contributed by atoms with Crippen molar-refractivity contribution in [2.24, 2.45) is 0 Å². The van der Waals surface area contributed by atoms with Crippen LogP contribution in [0.4, 0.5) is 17.1 Å². The Morgan fingerprint density at radius 3 is 1.62 bits per heavy atom. The summed E-state index contributed by atoms with van der Waals surface area (Å²) in [5.41, 5.74) is 16.5. The maximum absolute atomic E-state index is 2.39. The predicted molar refractivity (Wildman–Crippen MR) is 255 cm³/mol. The van der Waals surface area contributed by atoms with Crippen molar-refractivity contribution in [3.63, 3.8) is 0 Å². The van der Waals surface area contributed by atoms with Gasteiger partial charge < -0.3 is 9.47 Å². The van der Waals surface area contributed by atoms with Gasteiger partial charge in [-0.1, -0.05) is 182 Å². The molecule has 1 aromatic heterocycles. The summed E-state index contributed by atoms with van der Waals surface area (Å²) in [7, 11) is 0. The summed E-state index contributed by atoms with van der Waals surface area (Å²) in [5.74, 6) is 0. The normalized spacial score (nSPS) is 11.3. The fourth-order valence-corrected chi connectivity index (χ4v) is 9.01. The summed E-state index contributed by atoms with van der Waals surface area (Å²) < 4.78 is 2.39. The first kappa shape index (κ1) is 35.2. The van der Waals surface area contributed by atoms with Crippen LogP contribution in [0.1, 0.15) is 0 Å². The van der Waals surface area contributed by atoms with Crippen molar-refractivity contribution in [1.82, 2.24) is 4.57 Å². The van der Waals surface area contributed by atoms with Crippen LogP contribution in [0, 0.1) is 0 Å². The summed E-state index contributed by atoms with van der Waals surface area (Å²) >= 11 is 0. The highest BCUT2D eigenvalue weighted by Gasteiger charge is 2.19. The molecule has 0 fully saturated rings. The Kier molecular flexibility index (Phi) is 8.87. The SMILES string of the molecule is c1ccc(N(c2ccc(-c3ccc(-c4cccc5ccccc45)cc3)cc2)c2ccccc2-c2cccc(-c3cccc4c3c3ccccc3n4-c3ccccc3)c2)cc1. The van der Waals surface area contributed by atoms with E-state index < -0.39 is 0 Å². The summed E-state index contributed by atoms with van der Waals surface area (Å²) in [6, 6.07) is 87.7. The molecule has 10 aromatic carbocycles. The van der Waals surface area contributed by atoms with E-state index in [1.165, 1.54) is 66.0 Å². The van der Waals surface area contributed by atoms with Crippen molar-refractivity contribution >= 4 is 49.6 Å². The van der Waals surface area contributed by atoms with E-state index >= 15 is 0 Å². The maximum Gasteiger partial charge on any atom is 0.0547 e. The third-order valence-electron chi connectivity index (χ3n) is 11.8. The topological polar surface area (TPSA) is 8.17 Å². The fraction of sp³-hybridized carbons (Fsp3) is 0. The quantitative estimate of drug-likeness (QED) is 0.150. The van der Waals surface area contributed by atoms with Crippen molar-refractivity contribution < 1.29 is 0 Å². The smallest absolute Gasteiger partial charge is 0.0547 e. The second-order valence-corrected chi connectivity index (χ2v) is 15.3. The molecule has 0 N–H and O–H groups in total. The molecule has 60 heavy (non-hydrogen) atoms. The highest BCUT2D eigenvalue weighted by molar-refractivity contribution is 6.16. The molecule has 0 radical (unpaired) electrons. The highest BCUT2D eigenvalue weighted by atomic mass is 15.1. The van der Waals surface area contributed by atoms with E-state index in [1.54, 1.807) is 0 Å². The van der Waals surface area contributed by atoms with Gasteiger partial charge in [0, 0.05) is 33.4 Å². The minimum Gasteiger partial charge on any atom is -0.310 e. The molecule has 2 nitrogen and oxygen atoms in total. The number of nitrogens with zero attached hydrogens (tertiary/aromatic N) is 2. The van der Waals surface area contributed by atoms with Crippen molar-refractivity contribution in [2.75, 3.05) is 4.90 Å². The van der Waals surface area contributed by atoms with Crippen LogP contribution in [-0.2, 0) is 0 Å². The van der Waals surface area contributed by atoms with Crippen LogP contribution < -0.4 is 4.90 Å². The first-order valence-electron chi connectivity index (χ1n) is 20.6. The highest BCUT2D eigenvalue weighted by Crippen LogP contribution is 2.44. The van der Waals surface area contributed by atoms with Gasteiger partial charge in [0.2, 0.25) is 0 Å². The van der Waals surface area contributed by atoms with Crippen molar-refractivity contribution in [3.05, 3.63) is 243 Å². The van der Waals surface area contributed by atoms with E-state index in [0.717, 1.165) is 33.9 Å². The van der Waals surface area contributed by atoms with E-state index in [0.29, 0.717) is 0 Å². The van der Waals surface area contributed by atoms with Gasteiger partial charge in [-0.2, -0.15) is 0 Å². The van der Waals surface area contributed by atoms with Crippen LogP contribution in [-0.4, -0.2) is 4.57 Å². The van der Waals surface area contributed by atoms with Gasteiger partial charge >= 0.3 is 0 Å². The molecule has 0 aliphatic carbocycles. The zero-order valence-electron chi connectivity index (χ0n) is 33.0. The molecule has 0 aliphatic heterocycles. The Bertz CT molecular complexity index is 3280. The number of hydrogen-bond donors (Lipinski definition) is 0. The second-order valence-electron chi connectivity index (χ2n) is 15.3. The molecule has 0 unspecified atom stereocenters. The molecule has 0 saturated heterocycles. The van der Waals surface area contributed by atoms with Crippen molar-refractivity contribution in [1.29, 1.82) is 0 Å². The van der Waals surface area contributed by atoms with E-state index in [1.807, 2.05) is 0 Å². The maximum atomic E-state index is 2.39. The molecular formula is C58H40N2. The molecular weight excluding hydrogens is 725 g/mol. The Hall–Kier alpha value is -7.94. The lowest BCUT2D eigenvalue weighted by molar-refractivity contribution is 1.18. The average molecular weight is 765 g/mol. The van der Waals surface area contributed by atoms with Crippen LogP contribution in [0.25, 0.3) is 82.8 Å². The Balaban J connectivity index is 0.976. The number of para-hydroxylation sites is 4. The minimum absolute atomic E-state index is 1.10. The van der Waals surface area contributed by atoms with E-state index in [4.69, 9.17) is 0 Å². The van der Waals surface area contributed by atoms with E-state index in [2.05, 4.69) is 252 Å². The van der Waals surface area contributed by atoms with Crippen LogP contribution in [0.5, 0.6) is 0 Å². The molecule has 0 bridgehead atoms. The number of aromatic nitrogens is 1. The van der Waals surface area contributed by atoms with Gasteiger partial charge in [0.05, 0.1) is 16.7 Å². The Morgan fingerprint density at radius 1 is 0.300 bits per heavy atom. The van der Waals surface area contributed by atoms with Crippen LogP contribution in [0.3, 0.4) is 0 Å². The third kappa shape index (κ3) is 6.23. The molecule has 0 saturated carbocycles. The molecule has 11 rings (SSSR count). The zero-order valence-corrected chi connectivity index (χ0v) is 33.0. The Morgan fingerprint density at radius 2 is 0.817 bits per heavy atom. The summed E-state index contributed by atoms with van der Waals surface area (Å²) in [6.45, 7) is 0. The minimum atomic E-state index is 1.10. The zero-order chi connectivity index (χ0) is 39.8. The van der Waals surface area contributed by atoms with Gasteiger partial charge in [-0.15, -0.1) is 0 Å². The lowest BCUT2D eigenvalue weighted by atomic mass is 9.94. The lowest BCUT2D eigenvalue weighted by Crippen LogP contribution is -2.11. The van der Waals surface area contributed by atoms with Crippen LogP contribution in [0.15, 0.2) is 243 Å². The number of fused-ring (bicyclic) bond motifs is 4. The average Bonchev–Trinajstić information content (AvgIpc) is 3.67. The Labute approximate surface area is 350 Å². The number of benzene rings is 10. The fourth-order valence-electron chi connectivity index (χ4n) is 9.01. The van der Waals surface area contributed by atoms with Gasteiger partial charge in [-0.05, 0) is 110 Å². The summed E-state index contributed by atoms with van der Waals surface area (Å²) in [6.07, 6.45) is 0. The van der Waals surface area contributed by atoms with Gasteiger partial charge in [-0.25, -0.2) is 0 Å². The summed E-state index contributed by atoms with van der Waals surface area (Å²) in [4.78, 5) is 2.38. The number of hydrogen-bond acceptors (Lipinski definition) is 1. The first-order chi connectivity index (χ1) is 29.8. The molecule has 0 amide bonds. The standard InChI is InChI=1S/C58H40N2/c1-3-20-47(21-4-1)59(49-38-36-42(37-39-49)41-32-34-44(35-33-41)51-27-14-17-43-16-7-8-24-50(43)51)55-29-11-9-25-52(55)45-18-13-19-46(40-45)53-28-15-31-57-58(53)54-26-10-12-30-56(54)60(57)48-22-5-2-6-23-48/h1-40H. The molecule has 11 aromatic rings. The third-order valence-corrected chi connectivity index (χ3v) is 11.8. The molecule has 0 aliphatic rings. The van der Waals surface area contributed by atoms with Crippen molar-refractivity contribution in [2.45, 2.75) is 0 Å². The number of anilines is 3. The van der Waals surface area contributed by atoms with Gasteiger partial charge in [0.25, 0.3) is 0 Å². The van der Waals surface area contributed by atoms with Gasteiger partial charge in [0.15, 0.2) is 0 Å². The van der Waals surface area contributed by atoms with Gasteiger partial charge in [0.1, 0.15) is 0 Å². The lowest BCUT2D eigenvalue weighted by Gasteiger charge is -2.28. The second kappa shape index (κ2) is 15.1. The van der Waals surface area contributed by atoms with Crippen LogP contribution in [0.2, 0.25) is 0 Å². The number of rotatable bonds is 8. The molecule has 0 spiro atoms. The largest absolute Gasteiger partial charge is 0.310 e. The van der Waals surface area contributed by atoms with E-state index in [-0.39, 0.29) is 0 Å². The first-order valence-corrected chi connectivity index (χ1v) is 20.6. The molecule has 0 atom stereocenters. The van der Waals surface area contributed by atoms with Crippen molar-refractivity contribution in [3.8, 4) is 50.2 Å².